The Morgan fingerprint density at radius 1 is 1.25 bits per heavy atom. The van der Waals surface area contributed by atoms with Crippen molar-refractivity contribution in [3.63, 3.8) is 0 Å². The van der Waals surface area contributed by atoms with E-state index < -0.39 is 0 Å². The highest BCUT2D eigenvalue weighted by atomic mass is 35.5. The highest BCUT2D eigenvalue weighted by molar-refractivity contribution is 7.16. The van der Waals surface area contributed by atoms with Crippen molar-refractivity contribution in [1.82, 2.24) is 20.1 Å². The lowest BCUT2D eigenvalue weighted by atomic mass is 10.3. The van der Waals surface area contributed by atoms with Crippen molar-refractivity contribution in [2.24, 2.45) is 0 Å². The van der Waals surface area contributed by atoms with Gasteiger partial charge in [0.25, 0.3) is 5.91 Å². The molecule has 0 aliphatic rings. The maximum absolute atomic E-state index is 12.4. The molecule has 0 aliphatic carbocycles. The van der Waals surface area contributed by atoms with Crippen molar-refractivity contribution in [2.45, 2.75) is 20.4 Å². The van der Waals surface area contributed by atoms with E-state index in [2.05, 4.69) is 15.4 Å². The Morgan fingerprint density at radius 3 is 2.67 bits per heavy atom. The van der Waals surface area contributed by atoms with Crippen molar-refractivity contribution in [3.8, 4) is 5.82 Å². The number of hydrogen-bond acceptors (Lipinski definition) is 4. The normalized spacial score (nSPS) is 10.8. The van der Waals surface area contributed by atoms with Gasteiger partial charge < -0.3 is 5.32 Å². The highest BCUT2D eigenvalue weighted by Crippen LogP contribution is 2.22. The van der Waals surface area contributed by atoms with Gasteiger partial charge in [-0.25, -0.2) is 9.67 Å². The van der Waals surface area contributed by atoms with Crippen LogP contribution in [0.15, 0.2) is 30.3 Å². The molecule has 0 fully saturated rings. The largest absolute Gasteiger partial charge is 0.346 e. The van der Waals surface area contributed by atoms with Crippen LogP contribution in [0.5, 0.6) is 0 Å². The number of aromatic nitrogens is 3. The number of pyridine rings is 1. The molecule has 0 spiro atoms. The lowest BCUT2D eigenvalue weighted by Crippen LogP contribution is -2.24. The number of carbonyl (C=O) groups is 1. The van der Waals surface area contributed by atoms with Crippen LogP contribution in [-0.4, -0.2) is 20.7 Å². The summed E-state index contributed by atoms with van der Waals surface area (Å²) in [6.07, 6.45) is 0. The molecule has 3 aromatic rings. The second kappa shape index (κ2) is 6.93. The first-order valence-corrected chi connectivity index (χ1v) is 8.74. The summed E-state index contributed by atoms with van der Waals surface area (Å²) in [5, 5.41) is 7.47. The summed E-state index contributed by atoms with van der Waals surface area (Å²) < 4.78 is 2.36. The van der Waals surface area contributed by atoms with Gasteiger partial charge in [0.1, 0.15) is 5.69 Å². The van der Waals surface area contributed by atoms with Gasteiger partial charge in [-0.2, -0.15) is 5.10 Å². The van der Waals surface area contributed by atoms with Crippen LogP contribution in [0.2, 0.25) is 9.36 Å². The fraction of sp³-hybridized carbons (Fsp3) is 0.188. The van der Waals surface area contributed by atoms with E-state index in [-0.39, 0.29) is 11.6 Å². The van der Waals surface area contributed by atoms with E-state index in [4.69, 9.17) is 23.2 Å². The third-order valence-corrected chi connectivity index (χ3v) is 4.86. The van der Waals surface area contributed by atoms with Crippen LogP contribution in [0.1, 0.15) is 26.8 Å². The summed E-state index contributed by atoms with van der Waals surface area (Å²) in [5.41, 5.74) is 1.98. The molecule has 0 bridgehead atoms. The molecular weight excluding hydrogens is 367 g/mol. The maximum atomic E-state index is 12.4. The molecule has 3 aromatic heterocycles. The van der Waals surface area contributed by atoms with E-state index in [0.29, 0.717) is 21.7 Å². The minimum atomic E-state index is -0.340. The highest BCUT2D eigenvalue weighted by Gasteiger charge is 2.15. The zero-order valence-corrected chi connectivity index (χ0v) is 15.3. The minimum absolute atomic E-state index is 0.171. The van der Waals surface area contributed by atoms with Crippen LogP contribution in [0.4, 0.5) is 0 Å². The van der Waals surface area contributed by atoms with Crippen LogP contribution in [0.25, 0.3) is 5.82 Å². The Labute approximate surface area is 153 Å². The van der Waals surface area contributed by atoms with Crippen molar-refractivity contribution in [3.05, 3.63) is 61.6 Å². The number of nitrogens with one attached hydrogen (secondary N) is 1. The number of rotatable bonds is 4. The zero-order valence-electron chi connectivity index (χ0n) is 13.0. The number of carbonyl (C=O) groups excluding carboxylic acids is 1. The lowest BCUT2D eigenvalue weighted by Gasteiger charge is -2.08. The summed E-state index contributed by atoms with van der Waals surface area (Å²) in [6.45, 7) is 4.20. The molecular formula is C16H14Cl2N4OS. The molecule has 3 rings (SSSR count). The van der Waals surface area contributed by atoms with Gasteiger partial charge in [-0.1, -0.05) is 23.2 Å². The first-order valence-electron chi connectivity index (χ1n) is 7.16. The van der Waals surface area contributed by atoms with Crippen LogP contribution in [0, 0.1) is 13.8 Å². The number of aryl methyl sites for hydroxylation is 2. The average Bonchev–Trinajstić information content (AvgIpc) is 3.10. The number of amides is 1. The third kappa shape index (κ3) is 3.61. The van der Waals surface area contributed by atoms with Crippen molar-refractivity contribution in [2.75, 3.05) is 0 Å². The Balaban J connectivity index is 1.83. The lowest BCUT2D eigenvalue weighted by molar-refractivity contribution is 0.0946. The molecule has 24 heavy (non-hydrogen) atoms. The quantitative estimate of drug-likeness (QED) is 0.738. The van der Waals surface area contributed by atoms with Crippen LogP contribution >= 0.6 is 34.5 Å². The molecule has 0 saturated carbocycles. The van der Waals surface area contributed by atoms with Crippen LogP contribution in [-0.2, 0) is 6.54 Å². The second-order valence-electron chi connectivity index (χ2n) is 5.23. The van der Waals surface area contributed by atoms with Crippen LogP contribution < -0.4 is 5.32 Å². The van der Waals surface area contributed by atoms with Gasteiger partial charge in [0, 0.05) is 10.6 Å². The first kappa shape index (κ1) is 17.0. The van der Waals surface area contributed by atoms with Gasteiger partial charge in [0.05, 0.1) is 21.6 Å². The first-order chi connectivity index (χ1) is 11.4. The number of thiophene rings is 1. The molecule has 0 radical (unpaired) electrons. The topological polar surface area (TPSA) is 59.8 Å². The Kier molecular flexibility index (Phi) is 4.89. The predicted octanol–water partition coefficient (Wildman–Crippen LogP) is 4.18. The number of halogens is 2. The van der Waals surface area contributed by atoms with E-state index in [0.717, 1.165) is 16.3 Å². The summed E-state index contributed by atoms with van der Waals surface area (Å²) in [4.78, 5) is 17.7. The SMILES string of the molecule is Cc1cc(C)n(-c2ccc(Cl)c(C(=O)NCc3ccc(Cl)s3)n2)n1. The molecule has 3 heterocycles. The Bertz CT molecular complexity index is 903. The van der Waals surface area contributed by atoms with E-state index in [9.17, 15) is 4.79 Å². The summed E-state index contributed by atoms with van der Waals surface area (Å²) in [7, 11) is 0. The van der Waals surface area contributed by atoms with E-state index in [1.807, 2.05) is 26.0 Å². The van der Waals surface area contributed by atoms with Crippen LogP contribution in [0.3, 0.4) is 0 Å². The summed E-state index contributed by atoms with van der Waals surface area (Å²) in [6, 6.07) is 8.99. The average molecular weight is 381 g/mol. The minimum Gasteiger partial charge on any atom is -0.346 e. The summed E-state index contributed by atoms with van der Waals surface area (Å²) in [5.74, 6) is 0.210. The zero-order chi connectivity index (χ0) is 17.3. The number of nitrogens with zero attached hydrogens (tertiary/aromatic N) is 3. The smallest absolute Gasteiger partial charge is 0.271 e. The van der Waals surface area contributed by atoms with Crippen molar-refractivity contribution < 1.29 is 4.79 Å². The monoisotopic (exact) mass is 380 g/mol. The van der Waals surface area contributed by atoms with E-state index >= 15 is 0 Å². The van der Waals surface area contributed by atoms with Gasteiger partial charge >= 0.3 is 0 Å². The van der Waals surface area contributed by atoms with E-state index in [1.165, 1.54) is 11.3 Å². The van der Waals surface area contributed by atoms with Gasteiger partial charge in [-0.3, -0.25) is 4.79 Å². The molecule has 0 aliphatic heterocycles. The van der Waals surface area contributed by atoms with Crippen molar-refractivity contribution >= 4 is 40.4 Å². The Morgan fingerprint density at radius 2 is 2.04 bits per heavy atom. The van der Waals surface area contributed by atoms with Crippen molar-refractivity contribution in [1.29, 1.82) is 0 Å². The predicted molar refractivity (Wildman–Crippen MR) is 96.3 cm³/mol. The fourth-order valence-electron chi connectivity index (χ4n) is 2.27. The molecule has 0 saturated heterocycles. The van der Waals surface area contributed by atoms with E-state index in [1.54, 1.807) is 22.9 Å². The number of hydrogen-bond donors (Lipinski definition) is 1. The molecule has 5 nitrogen and oxygen atoms in total. The maximum Gasteiger partial charge on any atom is 0.271 e. The molecule has 8 heteroatoms. The molecule has 0 atom stereocenters. The van der Waals surface area contributed by atoms with Gasteiger partial charge in [0.15, 0.2) is 5.82 Å². The van der Waals surface area contributed by atoms with Gasteiger partial charge in [-0.05, 0) is 44.2 Å². The van der Waals surface area contributed by atoms with Gasteiger partial charge in [-0.15, -0.1) is 11.3 Å². The summed E-state index contributed by atoms with van der Waals surface area (Å²) >= 11 is 13.4. The molecule has 124 valence electrons. The molecule has 1 amide bonds. The second-order valence-corrected chi connectivity index (χ2v) is 7.43. The third-order valence-electron chi connectivity index (χ3n) is 3.33. The standard InChI is InChI=1S/C16H14Cl2N4OS/c1-9-7-10(2)22(21-9)14-6-4-12(17)15(20-14)16(23)19-8-11-3-5-13(18)24-11/h3-7H,8H2,1-2H3,(H,19,23). The Hall–Kier alpha value is -1.89. The molecule has 1 N–H and O–H groups in total. The molecule has 0 aromatic carbocycles. The van der Waals surface area contributed by atoms with Gasteiger partial charge in [0.2, 0.25) is 0 Å². The fourth-order valence-corrected chi connectivity index (χ4v) is 3.49. The molecule has 0 unspecified atom stereocenters.